The Morgan fingerprint density at radius 2 is 1.80 bits per heavy atom. The van der Waals surface area contributed by atoms with Crippen LogP contribution >= 0.6 is 0 Å². The van der Waals surface area contributed by atoms with Crippen molar-refractivity contribution in [2.75, 3.05) is 23.7 Å². The van der Waals surface area contributed by atoms with Crippen molar-refractivity contribution in [1.29, 1.82) is 0 Å². The summed E-state index contributed by atoms with van der Waals surface area (Å²) in [6.45, 7) is 4.77. The van der Waals surface area contributed by atoms with Crippen molar-refractivity contribution in [1.82, 2.24) is 10.2 Å². The van der Waals surface area contributed by atoms with Gasteiger partial charge in [-0.05, 0) is 43.2 Å². The molecular weight excluding hydrogens is 340 g/mol. The van der Waals surface area contributed by atoms with Crippen LogP contribution in [0.25, 0.3) is 0 Å². The normalized spacial score (nSPS) is 11.2. The van der Waals surface area contributed by atoms with Gasteiger partial charge in [-0.1, -0.05) is 25.8 Å². The average Bonchev–Trinajstić information content (AvgIpc) is 2.60. The fraction of sp³-hybridized carbons (Fsp3) is 0.412. The molecule has 2 aromatic rings. The van der Waals surface area contributed by atoms with E-state index in [1.807, 2.05) is 6.92 Å². The van der Waals surface area contributed by atoms with E-state index < -0.39 is 10.0 Å². The van der Waals surface area contributed by atoms with Gasteiger partial charge in [0.1, 0.15) is 16.5 Å². The van der Waals surface area contributed by atoms with Crippen LogP contribution in [-0.2, 0) is 10.0 Å². The van der Waals surface area contributed by atoms with Gasteiger partial charge in [-0.3, -0.25) is 4.72 Å². The van der Waals surface area contributed by atoms with E-state index in [1.165, 1.54) is 7.11 Å². The summed E-state index contributed by atoms with van der Waals surface area (Å²) in [5.74, 6) is 1.05. The topological polar surface area (TPSA) is 93.2 Å². The zero-order valence-electron chi connectivity index (χ0n) is 14.7. The molecule has 0 aliphatic rings. The van der Waals surface area contributed by atoms with E-state index in [0.717, 1.165) is 31.4 Å². The first-order valence-electron chi connectivity index (χ1n) is 8.21. The van der Waals surface area contributed by atoms with E-state index in [0.29, 0.717) is 5.82 Å². The molecule has 0 atom stereocenters. The number of benzene rings is 1. The third kappa shape index (κ3) is 5.32. The van der Waals surface area contributed by atoms with Crippen LogP contribution in [0.5, 0.6) is 5.75 Å². The molecule has 1 aromatic heterocycles. The number of sulfonamides is 1. The fourth-order valence-corrected chi connectivity index (χ4v) is 3.51. The molecule has 1 heterocycles. The number of methoxy groups -OCH3 is 1. The quantitative estimate of drug-likeness (QED) is 0.664. The third-order valence-corrected chi connectivity index (χ3v) is 4.97. The Bertz CT molecular complexity index is 792. The SMILES string of the molecule is CCCCCNc1ccc(NS(=O)(=O)c2cc(C)ccc2OC)nn1. The number of nitrogens with zero attached hydrogens (tertiary/aromatic N) is 2. The number of anilines is 2. The second-order valence-corrected chi connectivity index (χ2v) is 7.35. The Morgan fingerprint density at radius 1 is 1.08 bits per heavy atom. The first kappa shape index (κ1) is 19.0. The van der Waals surface area contributed by atoms with Crippen LogP contribution in [0, 0.1) is 6.92 Å². The molecule has 0 spiro atoms. The Balaban J connectivity index is 2.09. The predicted octanol–water partition coefficient (Wildman–Crippen LogP) is 3.20. The molecule has 0 amide bonds. The van der Waals surface area contributed by atoms with E-state index in [4.69, 9.17) is 4.74 Å². The van der Waals surface area contributed by atoms with Gasteiger partial charge in [-0.25, -0.2) is 8.42 Å². The molecule has 25 heavy (non-hydrogen) atoms. The van der Waals surface area contributed by atoms with E-state index in [2.05, 4.69) is 27.2 Å². The summed E-state index contributed by atoms with van der Waals surface area (Å²) in [4.78, 5) is 0.0681. The number of aromatic nitrogens is 2. The van der Waals surface area contributed by atoms with E-state index in [9.17, 15) is 8.42 Å². The van der Waals surface area contributed by atoms with E-state index in [1.54, 1.807) is 30.3 Å². The first-order chi connectivity index (χ1) is 12.0. The van der Waals surface area contributed by atoms with Gasteiger partial charge in [0, 0.05) is 6.54 Å². The minimum atomic E-state index is -3.81. The minimum absolute atomic E-state index is 0.0681. The summed E-state index contributed by atoms with van der Waals surface area (Å²) in [6.07, 6.45) is 3.35. The maximum absolute atomic E-state index is 12.6. The molecule has 0 saturated carbocycles. The summed E-state index contributed by atoms with van der Waals surface area (Å²) < 4.78 is 32.7. The van der Waals surface area contributed by atoms with Crippen molar-refractivity contribution in [2.45, 2.75) is 38.0 Å². The van der Waals surface area contributed by atoms with Crippen molar-refractivity contribution in [2.24, 2.45) is 0 Å². The molecule has 1 aromatic carbocycles. The molecule has 0 radical (unpaired) electrons. The number of hydrogen-bond donors (Lipinski definition) is 2. The van der Waals surface area contributed by atoms with Crippen molar-refractivity contribution >= 4 is 21.7 Å². The first-order valence-corrected chi connectivity index (χ1v) is 9.69. The summed E-state index contributed by atoms with van der Waals surface area (Å²) >= 11 is 0. The van der Waals surface area contributed by atoms with Crippen molar-refractivity contribution in [3.63, 3.8) is 0 Å². The Kier molecular flexibility index (Phi) is 6.58. The number of nitrogens with one attached hydrogen (secondary N) is 2. The van der Waals surface area contributed by atoms with Crippen LogP contribution in [0.15, 0.2) is 35.2 Å². The van der Waals surface area contributed by atoms with Crippen molar-refractivity contribution in [3.05, 3.63) is 35.9 Å². The Hall–Kier alpha value is -2.35. The number of aryl methyl sites for hydroxylation is 1. The summed E-state index contributed by atoms with van der Waals surface area (Å²) in [5, 5.41) is 11.1. The van der Waals surface area contributed by atoms with Crippen LogP contribution in [0.1, 0.15) is 31.7 Å². The lowest BCUT2D eigenvalue weighted by atomic mass is 10.2. The zero-order chi connectivity index (χ0) is 18.3. The molecular formula is C17H24N4O3S. The smallest absolute Gasteiger partial charge is 0.266 e. The van der Waals surface area contributed by atoms with Crippen molar-refractivity contribution < 1.29 is 13.2 Å². The molecule has 2 N–H and O–H groups in total. The van der Waals surface area contributed by atoms with Gasteiger partial charge in [0.15, 0.2) is 5.82 Å². The van der Waals surface area contributed by atoms with Crippen LogP contribution in [0.4, 0.5) is 11.6 Å². The van der Waals surface area contributed by atoms with E-state index >= 15 is 0 Å². The van der Waals surface area contributed by atoms with Gasteiger partial charge in [0.05, 0.1) is 7.11 Å². The summed E-state index contributed by atoms with van der Waals surface area (Å²) in [7, 11) is -2.38. The standard InChI is InChI=1S/C17H24N4O3S/c1-4-5-6-11-18-16-9-10-17(20-19-16)21-25(22,23)15-12-13(2)7-8-14(15)24-3/h7-10,12H,4-6,11H2,1-3H3,(H,18,19)(H,20,21). The van der Waals surface area contributed by atoms with Crippen LogP contribution in [0.2, 0.25) is 0 Å². The van der Waals surface area contributed by atoms with Gasteiger partial charge >= 0.3 is 0 Å². The predicted molar refractivity (Wildman–Crippen MR) is 98.6 cm³/mol. The van der Waals surface area contributed by atoms with Crippen LogP contribution in [-0.4, -0.2) is 32.3 Å². The monoisotopic (exact) mass is 364 g/mol. The molecule has 0 aliphatic heterocycles. The number of rotatable bonds is 9. The van der Waals surface area contributed by atoms with Gasteiger partial charge in [0.2, 0.25) is 0 Å². The molecule has 0 fully saturated rings. The highest BCUT2D eigenvalue weighted by atomic mass is 32.2. The zero-order valence-corrected chi connectivity index (χ0v) is 15.6. The highest BCUT2D eigenvalue weighted by Gasteiger charge is 2.20. The highest BCUT2D eigenvalue weighted by molar-refractivity contribution is 7.92. The maximum atomic E-state index is 12.6. The molecule has 0 saturated heterocycles. The third-order valence-electron chi connectivity index (χ3n) is 3.60. The molecule has 0 unspecified atom stereocenters. The molecule has 2 rings (SSSR count). The van der Waals surface area contributed by atoms with Crippen LogP contribution < -0.4 is 14.8 Å². The lowest BCUT2D eigenvalue weighted by molar-refractivity contribution is 0.402. The second kappa shape index (κ2) is 8.66. The molecule has 0 bridgehead atoms. The Labute approximate surface area is 148 Å². The fourth-order valence-electron chi connectivity index (χ4n) is 2.26. The van der Waals surface area contributed by atoms with Crippen molar-refractivity contribution in [3.8, 4) is 5.75 Å². The lowest BCUT2D eigenvalue weighted by Crippen LogP contribution is -2.16. The summed E-state index contributed by atoms with van der Waals surface area (Å²) in [6, 6.07) is 8.24. The molecule has 0 aliphatic carbocycles. The molecule has 7 nitrogen and oxygen atoms in total. The highest BCUT2D eigenvalue weighted by Crippen LogP contribution is 2.26. The van der Waals surface area contributed by atoms with Gasteiger partial charge in [-0.2, -0.15) is 0 Å². The lowest BCUT2D eigenvalue weighted by Gasteiger charge is -2.12. The largest absolute Gasteiger partial charge is 0.495 e. The van der Waals surface area contributed by atoms with Gasteiger partial charge in [-0.15, -0.1) is 10.2 Å². The molecule has 136 valence electrons. The minimum Gasteiger partial charge on any atom is -0.495 e. The second-order valence-electron chi connectivity index (χ2n) is 5.70. The summed E-state index contributed by atoms with van der Waals surface area (Å²) in [5.41, 5.74) is 0.818. The Morgan fingerprint density at radius 3 is 2.44 bits per heavy atom. The number of unbranched alkanes of at least 4 members (excludes halogenated alkanes) is 2. The maximum Gasteiger partial charge on any atom is 0.266 e. The van der Waals surface area contributed by atoms with Gasteiger partial charge < -0.3 is 10.1 Å². The van der Waals surface area contributed by atoms with Crippen LogP contribution in [0.3, 0.4) is 0 Å². The molecule has 8 heteroatoms. The number of hydrogen-bond acceptors (Lipinski definition) is 6. The average molecular weight is 364 g/mol. The number of ether oxygens (including phenoxy) is 1. The van der Waals surface area contributed by atoms with Gasteiger partial charge in [0.25, 0.3) is 10.0 Å². The van der Waals surface area contributed by atoms with E-state index in [-0.39, 0.29) is 16.5 Å².